The molecule has 0 amide bonds. The second-order valence-electron chi connectivity index (χ2n) is 3.42. The molecule has 1 aliphatic rings. The fraction of sp³-hybridized carbons (Fsp3) is 1.00. The summed E-state index contributed by atoms with van der Waals surface area (Å²) in [5.74, 6) is -13.0. The predicted octanol–water partition coefficient (Wildman–Crippen LogP) is 4.21. The van der Waals surface area contributed by atoms with Crippen LogP contribution in [0.4, 0.5) is 43.9 Å². The first-order chi connectivity index (χ1) is 8.41. The molecule has 120 valence electrons. The molecular formula is C6Cl2F10O2. The number of alkyl halides is 12. The summed E-state index contributed by atoms with van der Waals surface area (Å²) in [6.45, 7) is 0. The third-order valence-corrected chi connectivity index (χ3v) is 2.62. The van der Waals surface area contributed by atoms with Crippen LogP contribution in [-0.4, -0.2) is 34.7 Å². The van der Waals surface area contributed by atoms with Gasteiger partial charge in [0.2, 0.25) is 0 Å². The molecule has 1 aliphatic heterocycles. The van der Waals surface area contributed by atoms with Crippen LogP contribution in [0.3, 0.4) is 0 Å². The highest BCUT2D eigenvalue weighted by Gasteiger charge is 2.90. The summed E-state index contributed by atoms with van der Waals surface area (Å²) in [5.41, 5.74) is 0. The highest BCUT2D eigenvalue weighted by molar-refractivity contribution is 6.48. The number of halogens is 12. The minimum absolute atomic E-state index is 2.49. The van der Waals surface area contributed by atoms with Crippen molar-refractivity contribution in [2.45, 2.75) is 34.7 Å². The summed E-state index contributed by atoms with van der Waals surface area (Å²) in [7, 11) is 0. The topological polar surface area (TPSA) is 18.5 Å². The van der Waals surface area contributed by atoms with E-state index < -0.39 is 34.7 Å². The Bertz CT molecular complexity index is 384. The first-order valence-corrected chi connectivity index (χ1v) is 4.84. The molecule has 0 aromatic heterocycles. The highest BCUT2D eigenvalue weighted by Crippen LogP contribution is 2.63. The minimum atomic E-state index is -6.94. The quantitative estimate of drug-likeness (QED) is 0.512. The van der Waals surface area contributed by atoms with E-state index in [-0.39, 0.29) is 0 Å². The van der Waals surface area contributed by atoms with Gasteiger partial charge in [0, 0.05) is 0 Å². The van der Waals surface area contributed by atoms with Gasteiger partial charge in [-0.25, -0.2) is 0 Å². The maximum atomic E-state index is 12.9. The zero-order chi connectivity index (χ0) is 16.4. The molecule has 0 bridgehead atoms. The molecule has 1 saturated heterocycles. The molecule has 2 nitrogen and oxygen atoms in total. The summed E-state index contributed by atoms with van der Waals surface area (Å²) in [5, 5.41) is 0. The summed E-state index contributed by atoms with van der Waals surface area (Å²) in [6.07, 6.45) is -19.2. The van der Waals surface area contributed by atoms with Crippen LogP contribution in [0.15, 0.2) is 0 Å². The first kappa shape index (κ1) is 17.9. The minimum Gasteiger partial charge on any atom is -0.293 e. The van der Waals surface area contributed by atoms with Gasteiger partial charge in [0.1, 0.15) is 0 Å². The summed E-state index contributed by atoms with van der Waals surface area (Å²) < 4.78 is 126. The van der Waals surface area contributed by atoms with Crippen molar-refractivity contribution in [1.82, 2.24) is 0 Å². The Hall–Kier alpha value is -0.200. The Morgan fingerprint density at radius 2 is 1.15 bits per heavy atom. The molecule has 14 heteroatoms. The summed E-state index contributed by atoms with van der Waals surface area (Å²) >= 11 is 8.95. The average molecular weight is 365 g/mol. The van der Waals surface area contributed by atoms with E-state index in [0.29, 0.717) is 0 Å². The van der Waals surface area contributed by atoms with E-state index in [1.165, 1.54) is 0 Å². The smallest absolute Gasteiger partial charge is 0.293 e. The molecule has 0 aliphatic carbocycles. The third-order valence-electron chi connectivity index (χ3n) is 2.03. The molecule has 1 heterocycles. The zero-order valence-corrected chi connectivity index (χ0v) is 9.86. The second kappa shape index (κ2) is 4.17. The lowest BCUT2D eigenvalue weighted by atomic mass is 10.1. The van der Waals surface area contributed by atoms with Crippen LogP contribution in [-0.2, 0) is 9.47 Å². The Morgan fingerprint density at radius 3 is 1.35 bits per heavy atom. The Balaban J connectivity index is 3.53. The van der Waals surface area contributed by atoms with E-state index in [4.69, 9.17) is 0 Å². The largest absolute Gasteiger partial charge is 0.459 e. The van der Waals surface area contributed by atoms with Gasteiger partial charge < -0.3 is 0 Å². The van der Waals surface area contributed by atoms with Gasteiger partial charge >= 0.3 is 34.7 Å². The normalized spacial score (nSPS) is 30.6. The number of ether oxygens (including phenoxy) is 2. The molecule has 1 rings (SSSR count). The molecule has 1 fully saturated rings. The van der Waals surface area contributed by atoms with Gasteiger partial charge in [0.15, 0.2) is 0 Å². The number of rotatable bonds is 1. The van der Waals surface area contributed by atoms with E-state index in [1.807, 2.05) is 0 Å². The second-order valence-corrected chi connectivity index (χ2v) is 4.68. The molecule has 0 radical (unpaired) electrons. The lowest BCUT2D eigenvalue weighted by molar-refractivity contribution is -0.476. The van der Waals surface area contributed by atoms with Gasteiger partial charge in [-0.05, 0) is 0 Å². The van der Waals surface area contributed by atoms with Crippen molar-refractivity contribution in [3.05, 3.63) is 0 Å². The third kappa shape index (κ3) is 2.20. The number of hydrogen-bond donors (Lipinski definition) is 0. The lowest BCUT2D eigenvalue weighted by Crippen LogP contribution is -2.66. The fourth-order valence-electron chi connectivity index (χ4n) is 1.11. The molecule has 0 saturated carbocycles. The van der Waals surface area contributed by atoms with Crippen LogP contribution in [0.1, 0.15) is 0 Å². The zero-order valence-electron chi connectivity index (χ0n) is 8.35. The molecular weight excluding hydrogens is 365 g/mol. The molecule has 20 heavy (non-hydrogen) atoms. The molecule has 0 spiro atoms. The van der Waals surface area contributed by atoms with Crippen molar-refractivity contribution in [3.8, 4) is 0 Å². The van der Waals surface area contributed by atoms with Crippen LogP contribution < -0.4 is 0 Å². The van der Waals surface area contributed by atoms with E-state index in [0.717, 1.165) is 0 Å². The fourth-order valence-corrected chi connectivity index (χ4v) is 1.40. The van der Waals surface area contributed by atoms with Crippen LogP contribution >= 0.6 is 23.2 Å². The van der Waals surface area contributed by atoms with Crippen molar-refractivity contribution in [1.29, 1.82) is 0 Å². The van der Waals surface area contributed by atoms with Crippen molar-refractivity contribution in [2.24, 2.45) is 0 Å². The monoisotopic (exact) mass is 364 g/mol. The highest BCUT2D eigenvalue weighted by atomic mass is 35.5. The van der Waals surface area contributed by atoms with E-state index in [9.17, 15) is 43.9 Å². The maximum absolute atomic E-state index is 12.9. The Morgan fingerprint density at radius 1 is 0.750 bits per heavy atom. The maximum Gasteiger partial charge on any atom is 0.459 e. The first-order valence-electron chi connectivity index (χ1n) is 4.08. The van der Waals surface area contributed by atoms with Gasteiger partial charge in [-0.2, -0.15) is 43.9 Å². The lowest BCUT2D eigenvalue weighted by Gasteiger charge is -2.36. The van der Waals surface area contributed by atoms with Crippen molar-refractivity contribution in [2.75, 3.05) is 0 Å². The van der Waals surface area contributed by atoms with Gasteiger partial charge in [0.05, 0.1) is 0 Å². The summed E-state index contributed by atoms with van der Waals surface area (Å²) in [6, 6.07) is 0. The van der Waals surface area contributed by atoms with Crippen LogP contribution in [0.2, 0.25) is 0 Å². The average Bonchev–Trinajstić information content (AvgIpc) is 2.30. The summed E-state index contributed by atoms with van der Waals surface area (Å²) in [4.78, 5) is 0. The van der Waals surface area contributed by atoms with Gasteiger partial charge in [-0.3, -0.25) is 9.47 Å². The molecule has 0 aromatic carbocycles. The number of hydrogen-bond acceptors (Lipinski definition) is 2. The standard InChI is InChI=1S/C6Cl2F10O2/c7-3(8)6(17,18)20-2(19-3,5(14,15)16)1(9,10)4(11,12)13. The van der Waals surface area contributed by atoms with Gasteiger partial charge in [0.25, 0.3) is 0 Å². The molecule has 0 aromatic rings. The predicted molar refractivity (Wildman–Crippen MR) is 41.3 cm³/mol. The Labute approximate surface area is 112 Å². The van der Waals surface area contributed by atoms with E-state index in [2.05, 4.69) is 32.7 Å². The van der Waals surface area contributed by atoms with Gasteiger partial charge in [-0.1, -0.05) is 23.2 Å². The van der Waals surface area contributed by atoms with Crippen molar-refractivity contribution >= 4 is 23.2 Å². The van der Waals surface area contributed by atoms with Crippen LogP contribution in [0, 0.1) is 0 Å². The van der Waals surface area contributed by atoms with Crippen LogP contribution in [0.5, 0.6) is 0 Å². The van der Waals surface area contributed by atoms with Gasteiger partial charge in [-0.15, -0.1) is 0 Å². The Kier molecular flexibility index (Phi) is 3.72. The van der Waals surface area contributed by atoms with Crippen molar-refractivity contribution < 1.29 is 53.4 Å². The molecule has 1 unspecified atom stereocenters. The van der Waals surface area contributed by atoms with E-state index >= 15 is 0 Å². The van der Waals surface area contributed by atoms with E-state index in [1.54, 1.807) is 0 Å². The molecule has 0 N–H and O–H groups in total. The SMILES string of the molecule is FC(F)(F)C(F)(F)C1(C(F)(F)F)OC(F)(F)C(Cl)(Cl)O1. The van der Waals surface area contributed by atoms with Crippen molar-refractivity contribution in [3.63, 3.8) is 0 Å². The molecule has 1 atom stereocenters. The van der Waals surface area contributed by atoms with Crippen LogP contribution in [0.25, 0.3) is 0 Å².